The summed E-state index contributed by atoms with van der Waals surface area (Å²) in [5.41, 5.74) is 2.79. The van der Waals surface area contributed by atoms with Crippen LogP contribution in [0.3, 0.4) is 0 Å². The van der Waals surface area contributed by atoms with Crippen LogP contribution < -0.4 is 4.72 Å². The first-order chi connectivity index (χ1) is 12.5. The van der Waals surface area contributed by atoms with Crippen molar-refractivity contribution in [3.63, 3.8) is 0 Å². The van der Waals surface area contributed by atoms with Crippen molar-refractivity contribution in [1.29, 1.82) is 0 Å². The van der Waals surface area contributed by atoms with Crippen LogP contribution in [0.4, 0.5) is 0 Å². The van der Waals surface area contributed by atoms with Crippen molar-refractivity contribution < 1.29 is 8.42 Å². The molecule has 0 aliphatic heterocycles. The minimum Gasteiger partial charge on any atom is -0.306 e. The number of rotatable bonds is 5. The quantitative estimate of drug-likeness (QED) is 0.570. The third-order valence-electron chi connectivity index (χ3n) is 4.07. The number of sulfonamides is 1. The van der Waals surface area contributed by atoms with Gasteiger partial charge in [-0.2, -0.15) is 8.75 Å². The summed E-state index contributed by atoms with van der Waals surface area (Å²) in [6, 6.07) is 12.2. The van der Waals surface area contributed by atoms with Crippen LogP contribution in [0.1, 0.15) is 18.5 Å². The lowest BCUT2D eigenvalue weighted by Crippen LogP contribution is -2.27. The maximum Gasteiger partial charge on any atom is 0.243 e. The lowest BCUT2D eigenvalue weighted by molar-refractivity contribution is 0.567. The van der Waals surface area contributed by atoms with Gasteiger partial charge < -0.3 is 4.57 Å². The Morgan fingerprint density at radius 2 is 1.92 bits per heavy atom. The number of nitrogens with one attached hydrogen (secondary N) is 1. The Balaban J connectivity index is 1.59. The molecule has 0 aliphatic rings. The normalized spacial score (nSPS) is 13.1. The molecule has 1 unspecified atom stereocenters. The van der Waals surface area contributed by atoms with Crippen LogP contribution >= 0.6 is 11.7 Å². The molecule has 1 N–H and O–H groups in total. The van der Waals surface area contributed by atoms with Gasteiger partial charge in [-0.3, -0.25) is 0 Å². The number of nitrogens with zero attached hydrogens (tertiary/aromatic N) is 4. The molecular weight excluding hydrogens is 370 g/mol. The SMILES string of the molecule is CC(NS(=O)(=O)c1cccc2nsnc12)c1ccc(-n2ccnc2)cc1. The van der Waals surface area contributed by atoms with Crippen molar-refractivity contribution in [3.05, 3.63) is 66.7 Å². The molecule has 0 spiro atoms. The minimum absolute atomic E-state index is 0.144. The van der Waals surface area contributed by atoms with Gasteiger partial charge in [0.2, 0.25) is 10.0 Å². The van der Waals surface area contributed by atoms with E-state index in [0.717, 1.165) is 23.0 Å². The van der Waals surface area contributed by atoms with E-state index < -0.39 is 16.1 Å². The highest BCUT2D eigenvalue weighted by Crippen LogP contribution is 2.23. The molecule has 0 bridgehead atoms. The van der Waals surface area contributed by atoms with Crippen molar-refractivity contribution in [3.8, 4) is 5.69 Å². The maximum absolute atomic E-state index is 12.8. The van der Waals surface area contributed by atoms with E-state index in [1.807, 2.05) is 42.0 Å². The second-order valence-electron chi connectivity index (χ2n) is 5.79. The Morgan fingerprint density at radius 1 is 1.12 bits per heavy atom. The molecule has 2 aromatic carbocycles. The van der Waals surface area contributed by atoms with Gasteiger partial charge >= 0.3 is 0 Å². The summed E-state index contributed by atoms with van der Waals surface area (Å²) in [5, 5.41) is 0. The number of hydrogen-bond acceptors (Lipinski definition) is 6. The standard InChI is InChI=1S/C17H15N5O2S2/c1-12(13-5-7-14(8-6-13)22-10-9-18-11-22)21-26(23,24)16-4-2-3-15-17(16)20-25-19-15/h2-12,21H,1H3. The summed E-state index contributed by atoms with van der Waals surface area (Å²) in [4.78, 5) is 4.16. The molecule has 0 fully saturated rings. The fourth-order valence-corrected chi connectivity index (χ4v) is 4.71. The topological polar surface area (TPSA) is 89.8 Å². The van der Waals surface area contributed by atoms with Gasteiger partial charge in [0, 0.05) is 24.1 Å². The highest BCUT2D eigenvalue weighted by Gasteiger charge is 2.22. The van der Waals surface area contributed by atoms with Crippen molar-refractivity contribution in [2.24, 2.45) is 0 Å². The molecule has 4 aromatic rings. The number of benzene rings is 2. The Bertz CT molecular complexity index is 1140. The van der Waals surface area contributed by atoms with Crippen LogP contribution in [0, 0.1) is 0 Å². The van der Waals surface area contributed by atoms with E-state index in [9.17, 15) is 8.42 Å². The first kappa shape index (κ1) is 16.8. The second kappa shape index (κ2) is 6.60. The van der Waals surface area contributed by atoms with Crippen molar-refractivity contribution >= 4 is 32.8 Å². The van der Waals surface area contributed by atoms with E-state index >= 15 is 0 Å². The maximum atomic E-state index is 12.8. The Hall–Kier alpha value is -2.62. The molecule has 0 saturated heterocycles. The molecule has 4 rings (SSSR count). The van der Waals surface area contributed by atoms with Gasteiger partial charge in [-0.25, -0.2) is 18.1 Å². The fourth-order valence-electron chi connectivity index (χ4n) is 2.71. The third kappa shape index (κ3) is 3.12. The Kier molecular flexibility index (Phi) is 4.27. The smallest absolute Gasteiger partial charge is 0.243 e. The zero-order chi connectivity index (χ0) is 18.1. The fraction of sp³-hybridized carbons (Fsp3) is 0.118. The predicted octanol–water partition coefficient (Wildman–Crippen LogP) is 2.92. The summed E-state index contributed by atoms with van der Waals surface area (Å²) in [7, 11) is -3.72. The van der Waals surface area contributed by atoms with E-state index in [1.165, 1.54) is 0 Å². The second-order valence-corrected chi connectivity index (χ2v) is 8.00. The molecule has 0 aliphatic carbocycles. The average molecular weight is 385 g/mol. The van der Waals surface area contributed by atoms with E-state index in [4.69, 9.17) is 0 Å². The highest BCUT2D eigenvalue weighted by atomic mass is 32.2. The first-order valence-electron chi connectivity index (χ1n) is 7.86. The molecule has 2 heterocycles. The third-order valence-corrected chi connectivity index (χ3v) is 6.18. The molecule has 132 valence electrons. The summed E-state index contributed by atoms with van der Waals surface area (Å²) in [6.45, 7) is 1.81. The van der Waals surface area contributed by atoms with Gasteiger partial charge in [0.15, 0.2) is 0 Å². The van der Waals surface area contributed by atoms with E-state index in [2.05, 4.69) is 18.5 Å². The van der Waals surface area contributed by atoms with Crippen molar-refractivity contribution in [2.75, 3.05) is 0 Å². The van der Waals surface area contributed by atoms with Crippen LogP contribution in [0.25, 0.3) is 16.7 Å². The van der Waals surface area contributed by atoms with Crippen molar-refractivity contribution in [2.45, 2.75) is 17.9 Å². The minimum atomic E-state index is -3.72. The number of fused-ring (bicyclic) bond motifs is 1. The van der Waals surface area contributed by atoms with E-state index in [0.29, 0.717) is 11.0 Å². The van der Waals surface area contributed by atoms with Crippen LogP contribution in [-0.2, 0) is 10.0 Å². The van der Waals surface area contributed by atoms with Gasteiger partial charge in [-0.15, -0.1) is 0 Å². The van der Waals surface area contributed by atoms with Crippen LogP contribution in [0.5, 0.6) is 0 Å². The van der Waals surface area contributed by atoms with Gasteiger partial charge in [-0.1, -0.05) is 18.2 Å². The summed E-state index contributed by atoms with van der Waals surface area (Å²) >= 11 is 0.999. The monoisotopic (exact) mass is 385 g/mol. The predicted molar refractivity (Wildman–Crippen MR) is 99.7 cm³/mol. The number of imidazole rings is 1. The molecule has 0 amide bonds. The molecule has 0 saturated carbocycles. The molecule has 2 aromatic heterocycles. The Labute approximate surface area is 154 Å². The summed E-state index contributed by atoms with van der Waals surface area (Å²) < 4.78 is 38.4. The van der Waals surface area contributed by atoms with Crippen molar-refractivity contribution in [1.82, 2.24) is 23.0 Å². The molecule has 9 heteroatoms. The van der Waals surface area contributed by atoms with Gasteiger partial charge in [0.25, 0.3) is 0 Å². The highest BCUT2D eigenvalue weighted by molar-refractivity contribution is 7.89. The van der Waals surface area contributed by atoms with E-state index in [1.54, 1.807) is 30.7 Å². The van der Waals surface area contributed by atoms with Crippen LogP contribution in [0.2, 0.25) is 0 Å². The molecule has 1 atom stereocenters. The summed E-state index contributed by atoms with van der Waals surface area (Å²) in [5.74, 6) is 0. The molecule has 26 heavy (non-hydrogen) atoms. The van der Waals surface area contributed by atoms with E-state index in [-0.39, 0.29) is 4.90 Å². The Morgan fingerprint density at radius 3 is 2.65 bits per heavy atom. The van der Waals surface area contributed by atoms with Crippen LogP contribution in [0.15, 0.2) is 66.1 Å². The number of aromatic nitrogens is 4. The lowest BCUT2D eigenvalue weighted by atomic mass is 10.1. The van der Waals surface area contributed by atoms with Crippen LogP contribution in [-0.4, -0.2) is 26.7 Å². The average Bonchev–Trinajstić information content (AvgIpc) is 3.32. The first-order valence-corrected chi connectivity index (χ1v) is 10.1. The largest absolute Gasteiger partial charge is 0.306 e. The molecule has 7 nitrogen and oxygen atoms in total. The van der Waals surface area contributed by atoms with Gasteiger partial charge in [0.05, 0.1) is 18.1 Å². The zero-order valence-electron chi connectivity index (χ0n) is 13.8. The number of hydrogen-bond donors (Lipinski definition) is 1. The van der Waals surface area contributed by atoms with Gasteiger partial charge in [-0.05, 0) is 36.8 Å². The van der Waals surface area contributed by atoms with Gasteiger partial charge in [0.1, 0.15) is 15.9 Å². The summed E-state index contributed by atoms with van der Waals surface area (Å²) in [6.07, 6.45) is 5.27. The molecular formula is C17H15N5O2S2. The molecule has 0 radical (unpaired) electrons. The zero-order valence-corrected chi connectivity index (χ0v) is 15.4. The lowest BCUT2D eigenvalue weighted by Gasteiger charge is -2.15.